The molecule has 3 aromatic rings. The quantitative estimate of drug-likeness (QED) is 0.764. The number of hydrogen-bond donors (Lipinski definition) is 1. The number of rotatable bonds is 3. The van der Waals surface area contributed by atoms with E-state index in [2.05, 4.69) is 10.3 Å². The van der Waals surface area contributed by atoms with Gasteiger partial charge in [0.05, 0.1) is 10.7 Å². The van der Waals surface area contributed by atoms with Crippen LogP contribution in [0.15, 0.2) is 47.8 Å². The number of fused-ring (bicyclic) bond motifs is 1. The SMILES string of the molecule is Cc1nc(CC2(c3cccc(F)c3)C(=O)Nc3cc(F)ccc32)cs1. The summed E-state index contributed by atoms with van der Waals surface area (Å²) in [6, 6.07) is 10.2. The summed E-state index contributed by atoms with van der Waals surface area (Å²) in [4.78, 5) is 17.5. The number of nitrogens with zero attached hydrogens (tertiary/aromatic N) is 1. The highest BCUT2D eigenvalue weighted by Gasteiger charge is 2.49. The Morgan fingerprint density at radius 3 is 2.68 bits per heavy atom. The molecular weight excluding hydrogens is 342 g/mol. The minimum absolute atomic E-state index is 0.283. The van der Waals surface area contributed by atoms with Crippen molar-refractivity contribution in [1.82, 2.24) is 4.98 Å². The maximum Gasteiger partial charge on any atom is 0.239 e. The molecular formula is C19H14F2N2OS. The van der Waals surface area contributed by atoms with E-state index in [1.807, 2.05) is 12.3 Å². The Labute approximate surface area is 147 Å². The van der Waals surface area contributed by atoms with E-state index in [4.69, 9.17) is 0 Å². The number of carbonyl (C=O) groups is 1. The Hall–Kier alpha value is -2.60. The van der Waals surface area contributed by atoms with Gasteiger partial charge in [-0.15, -0.1) is 11.3 Å². The minimum atomic E-state index is -1.13. The zero-order chi connectivity index (χ0) is 17.6. The average Bonchev–Trinajstić information content (AvgIpc) is 3.09. The lowest BCUT2D eigenvalue weighted by atomic mass is 9.72. The second-order valence-electron chi connectivity index (χ2n) is 6.09. The number of thiazole rings is 1. The fraction of sp³-hybridized carbons (Fsp3) is 0.158. The number of aryl methyl sites for hydroxylation is 1. The van der Waals surface area contributed by atoms with E-state index < -0.39 is 17.0 Å². The molecule has 2 aromatic carbocycles. The summed E-state index contributed by atoms with van der Waals surface area (Å²) in [7, 11) is 0. The molecule has 1 aromatic heterocycles. The monoisotopic (exact) mass is 356 g/mol. The normalized spacial score (nSPS) is 18.9. The Kier molecular flexibility index (Phi) is 3.65. The molecule has 25 heavy (non-hydrogen) atoms. The zero-order valence-corrected chi connectivity index (χ0v) is 14.2. The first-order valence-electron chi connectivity index (χ1n) is 7.77. The van der Waals surface area contributed by atoms with Crippen molar-refractivity contribution in [3.63, 3.8) is 0 Å². The predicted octanol–water partition coefficient (Wildman–Crippen LogP) is 4.21. The Balaban J connectivity index is 1.95. The van der Waals surface area contributed by atoms with Crippen LogP contribution in [0.1, 0.15) is 21.8 Å². The molecule has 2 heterocycles. The van der Waals surface area contributed by atoms with Crippen molar-refractivity contribution in [2.75, 3.05) is 5.32 Å². The van der Waals surface area contributed by atoms with Gasteiger partial charge in [-0.25, -0.2) is 13.8 Å². The van der Waals surface area contributed by atoms with Gasteiger partial charge in [0, 0.05) is 17.5 Å². The van der Waals surface area contributed by atoms with Gasteiger partial charge < -0.3 is 5.32 Å². The van der Waals surface area contributed by atoms with Gasteiger partial charge >= 0.3 is 0 Å². The first-order valence-corrected chi connectivity index (χ1v) is 8.65. The van der Waals surface area contributed by atoms with Gasteiger partial charge in [0.15, 0.2) is 0 Å². The Morgan fingerprint density at radius 1 is 1.16 bits per heavy atom. The number of aromatic nitrogens is 1. The molecule has 6 heteroatoms. The lowest BCUT2D eigenvalue weighted by Gasteiger charge is -2.27. The first-order chi connectivity index (χ1) is 12.0. The summed E-state index contributed by atoms with van der Waals surface area (Å²) in [6.45, 7) is 1.89. The van der Waals surface area contributed by atoms with Crippen molar-refractivity contribution in [2.45, 2.75) is 18.8 Å². The van der Waals surface area contributed by atoms with Crippen LogP contribution < -0.4 is 5.32 Å². The standard InChI is InChI=1S/C19H14F2N2OS/c1-11-22-15(10-25-11)9-19(12-3-2-4-13(20)7-12)16-6-5-14(21)8-17(16)23-18(19)24/h2-8,10H,9H2,1H3,(H,23,24). The van der Waals surface area contributed by atoms with E-state index in [-0.39, 0.29) is 12.3 Å². The lowest BCUT2D eigenvalue weighted by molar-refractivity contribution is -0.119. The van der Waals surface area contributed by atoms with E-state index in [9.17, 15) is 13.6 Å². The summed E-state index contributed by atoms with van der Waals surface area (Å²) >= 11 is 1.49. The molecule has 0 saturated heterocycles. The number of anilines is 1. The molecule has 1 atom stereocenters. The molecule has 0 spiro atoms. The van der Waals surface area contributed by atoms with E-state index in [1.54, 1.807) is 18.2 Å². The average molecular weight is 356 g/mol. The van der Waals surface area contributed by atoms with Crippen molar-refractivity contribution in [2.24, 2.45) is 0 Å². The Morgan fingerprint density at radius 2 is 1.96 bits per heavy atom. The molecule has 0 saturated carbocycles. The highest BCUT2D eigenvalue weighted by atomic mass is 32.1. The van der Waals surface area contributed by atoms with Crippen LogP contribution in [-0.2, 0) is 16.6 Å². The summed E-state index contributed by atoms with van der Waals surface area (Å²) in [5, 5.41) is 5.53. The van der Waals surface area contributed by atoms with Gasteiger partial charge in [-0.1, -0.05) is 18.2 Å². The largest absolute Gasteiger partial charge is 0.325 e. The van der Waals surface area contributed by atoms with Crippen LogP contribution in [0.3, 0.4) is 0 Å². The third-order valence-corrected chi connectivity index (χ3v) is 5.33. The van der Waals surface area contributed by atoms with Crippen LogP contribution >= 0.6 is 11.3 Å². The molecule has 0 fully saturated rings. The smallest absolute Gasteiger partial charge is 0.239 e. The molecule has 1 aliphatic heterocycles. The topological polar surface area (TPSA) is 42.0 Å². The van der Waals surface area contributed by atoms with Crippen LogP contribution in [0.4, 0.5) is 14.5 Å². The molecule has 1 N–H and O–H groups in total. The Bertz CT molecular complexity index is 985. The molecule has 0 bridgehead atoms. The highest BCUT2D eigenvalue weighted by Crippen LogP contribution is 2.45. The molecule has 126 valence electrons. The summed E-state index contributed by atoms with van der Waals surface area (Å²) in [5.74, 6) is -1.15. The van der Waals surface area contributed by atoms with Crippen LogP contribution in [0.2, 0.25) is 0 Å². The van der Waals surface area contributed by atoms with Gasteiger partial charge in [-0.2, -0.15) is 0 Å². The molecule has 1 aliphatic rings. The predicted molar refractivity (Wildman–Crippen MR) is 92.8 cm³/mol. The van der Waals surface area contributed by atoms with Gasteiger partial charge in [0.2, 0.25) is 5.91 Å². The second kappa shape index (κ2) is 5.74. The maximum absolute atomic E-state index is 13.9. The summed E-state index contributed by atoms with van der Waals surface area (Å²) in [5.41, 5.74) is 1.20. The fourth-order valence-electron chi connectivity index (χ4n) is 3.42. The maximum atomic E-state index is 13.9. The number of halogens is 2. The van der Waals surface area contributed by atoms with E-state index in [1.165, 1.54) is 35.6 Å². The summed E-state index contributed by atoms with van der Waals surface area (Å²) < 4.78 is 27.5. The van der Waals surface area contributed by atoms with Crippen LogP contribution in [0.5, 0.6) is 0 Å². The van der Waals surface area contributed by atoms with Crippen molar-refractivity contribution in [1.29, 1.82) is 0 Å². The molecule has 0 radical (unpaired) electrons. The minimum Gasteiger partial charge on any atom is -0.325 e. The molecule has 4 rings (SSSR count). The molecule has 1 amide bonds. The number of carbonyl (C=O) groups excluding carboxylic acids is 1. The number of nitrogens with one attached hydrogen (secondary N) is 1. The third-order valence-electron chi connectivity index (χ3n) is 4.51. The van der Waals surface area contributed by atoms with E-state index in [0.717, 1.165) is 10.7 Å². The van der Waals surface area contributed by atoms with Crippen molar-refractivity contribution in [3.05, 3.63) is 81.3 Å². The summed E-state index contributed by atoms with van der Waals surface area (Å²) in [6.07, 6.45) is 0.283. The zero-order valence-electron chi connectivity index (χ0n) is 13.3. The van der Waals surface area contributed by atoms with Gasteiger partial charge in [0.25, 0.3) is 0 Å². The molecule has 3 nitrogen and oxygen atoms in total. The van der Waals surface area contributed by atoms with Gasteiger partial charge in [-0.05, 0) is 42.3 Å². The third kappa shape index (κ3) is 2.53. The lowest BCUT2D eigenvalue weighted by Crippen LogP contribution is -2.38. The fourth-order valence-corrected chi connectivity index (χ4v) is 4.04. The molecule has 0 aliphatic carbocycles. The molecule has 1 unspecified atom stereocenters. The second-order valence-corrected chi connectivity index (χ2v) is 7.16. The van der Waals surface area contributed by atoms with Crippen LogP contribution in [0.25, 0.3) is 0 Å². The van der Waals surface area contributed by atoms with Crippen LogP contribution in [-0.4, -0.2) is 10.9 Å². The number of hydrogen-bond acceptors (Lipinski definition) is 3. The number of benzene rings is 2. The van der Waals surface area contributed by atoms with Crippen molar-refractivity contribution >= 4 is 22.9 Å². The van der Waals surface area contributed by atoms with Crippen molar-refractivity contribution in [3.8, 4) is 0 Å². The first kappa shape index (κ1) is 15.9. The van der Waals surface area contributed by atoms with E-state index in [0.29, 0.717) is 16.8 Å². The van der Waals surface area contributed by atoms with Gasteiger partial charge in [-0.3, -0.25) is 4.79 Å². The number of amides is 1. The van der Waals surface area contributed by atoms with E-state index >= 15 is 0 Å². The van der Waals surface area contributed by atoms with Crippen LogP contribution in [0, 0.1) is 18.6 Å². The van der Waals surface area contributed by atoms with Crippen molar-refractivity contribution < 1.29 is 13.6 Å². The highest BCUT2D eigenvalue weighted by molar-refractivity contribution is 7.09. The van der Waals surface area contributed by atoms with Gasteiger partial charge in [0.1, 0.15) is 17.0 Å².